The van der Waals surface area contributed by atoms with Crippen LogP contribution in [0.2, 0.25) is 0 Å². The molecule has 0 aliphatic rings. The fourth-order valence-corrected chi connectivity index (χ4v) is 2.44. The van der Waals surface area contributed by atoms with Crippen molar-refractivity contribution in [3.05, 3.63) is 57.8 Å². The van der Waals surface area contributed by atoms with Gasteiger partial charge in [-0.1, -0.05) is 18.2 Å². The molecule has 0 amide bonds. The Morgan fingerprint density at radius 3 is 2.47 bits per heavy atom. The second-order valence-corrected chi connectivity index (χ2v) is 5.00. The number of benzene rings is 1. The van der Waals surface area contributed by atoms with E-state index in [1.54, 1.807) is 6.07 Å². The van der Waals surface area contributed by atoms with Crippen molar-refractivity contribution in [3.8, 4) is 0 Å². The molecule has 2 rings (SSSR count). The van der Waals surface area contributed by atoms with Crippen LogP contribution in [0.1, 0.15) is 16.7 Å². The molecule has 0 saturated heterocycles. The van der Waals surface area contributed by atoms with Crippen LogP contribution in [0, 0.1) is 0 Å². The van der Waals surface area contributed by atoms with Crippen LogP contribution < -0.4 is 0 Å². The SMILES string of the molecule is O=C(Cc1ccsc1)Cc1cccc(C(F)(F)F)c1. The van der Waals surface area contributed by atoms with Crippen molar-refractivity contribution in [2.24, 2.45) is 0 Å². The lowest BCUT2D eigenvalue weighted by atomic mass is 10.0. The first-order valence-corrected chi connectivity index (χ1v) is 6.58. The lowest BCUT2D eigenvalue weighted by Crippen LogP contribution is -2.09. The number of rotatable bonds is 4. The fraction of sp³-hybridized carbons (Fsp3) is 0.214. The summed E-state index contributed by atoms with van der Waals surface area (Å²) < 4.78 is 37.6. The van der Waals surface area contributed by atoms with E-state index in [1.165, 1.54) is 17.4 Å². The molecule has 5 heteroatoms. The van der Waals surface area contributed by atoms with E-state index in [4.69, 9.17) is 0 Å². The van der Waals surface area contributed by atoms with Crippen molar-refractivity contribution in [2.75, 3.05) is 0 Å². The average Bonchev–Trinajstić information content (AvgIpc) is 2.80. The smallest absolute Gasteiger partial charge is 0.299 e. The predicted octanol–water partition coefficient (Wildman–Crippen LogP) is 4.12. The van der Waals surface area contributed by atoms with Gasteiger partial charge in [0.15, 0.2) is 0 Å². The van der Waals surface area contributed by atoms with E-state index >= 15 is 0 Å². The minimum atomic E-state index is -4.37. The van der Waals surface area contributed by atoms with Crippen LogP contribution in [0.5, 0.6) is 0 Å². The lowest BCUT2D eigenvalue weighted by molar-refractivity contribution is -0.137. The molecule has 100 valence electrons. The first-order chi connectivity index (χ1) is 8.95. The van der Waals surface area contributed by atoms with Crippen molar-refractivity contribution in [2.45, 2.75) is 19.0 Å². The number of ketones is 1. The van der Waals surface area contributed by atoms with Crippen molar-refractivity contribution in [3.63, 3.8) is 0 Å². The molecule has 1 heterocycles. The molecule has 0 unspecified atom stereocenters. The Labute approximate surface area is 112 Å². The standard InChI is InChI=1S/C14H11F3OS/c15-14(16,17)12-3-1-2-10(6-12)7-13(18)8-11-4-5-19-9-11/h1-6,9H,7-8H2. The molecular formula is C14H11F3OS. The minimum Gasteiger partial charge on any atom is -0.299 e. The van der Waals surface area contributed by atoms with Gasteiger partial charge in [0.1, 0.15) is 5.78 Å². The van der Waals surface area contributed by atoms with Gasteiger partial charge >= 0.3 is 6.18 Å². The quantitative estimate of drug-likeness (QED) is 0.825. The molecule has 0 radical (unpaired) electrons. The molecule has 0 spiro atoms. The number of thiophene rings is 1. The summed E-state index contributed by atoms with van der Waals surface area (Å²) in [5.74, 6) is -0.0854. The minimum absolute atomic E-state index is 0.0275. The topological polar surface area (TPSA) is 17.1 Å². The zero-order chi connectivity index (χ0) is 13.9. The first kappa shape index (κ1) is 13.8. The summed E-state index contributed by atoms with van der Waals surface area (Å²) >= 11 is 1.49. The maximum absolute atomic E-state index is 12.5. The summed E-state index contributed by atoms with van der Waals surface area (Å²) in [6.07, 6.45) is -4.08. The van der Waals surface area contributed by atoms with Gasteiger partial charge in [0.05, 0.1) is 5.56 Å². The largest absolute Gasteiger partial charge is 0.416 e. The van der Waals surface area contributed by atoms with Crippen molar-refractivity contribution in [1.82, 2.24) is 0 Å². The van der Waals surface area contributed by atoms with E-state index in [0.717, 1.165) is 17.7 Å². The zero-order valence-corrected chi connectivity index (χ0v) is 10.7. The van der Waals surface area contributed by atoms with Crippen LogP contribution in [0.25, 0.3) is 0 Å². The van der Waals surface area contributed by atoms with Gasteiger partial charge in [-0.15, -0.1) is 0 Å². The van der Waals surface area contributed by atoms with Crippen molar-refractivity contribution < 1.29 is 18.0 Å². The Bertz CT molecular complexity index is 558. The first-order valence-electron chi connectivity index (χ1n) is 5.64. The monoisotopic (exact) mass is 284 g/mol. The maximum Gasteiger partial charge on any atom is 0.416 e. The zero-order valence-electron chi connectivity index (χ0n) is 9.91. The summed E-state index contributed by atoms with van der Waals surface area (Å²) in [5.41, 5.74) is 0.588. The van der Waals surface area contributed by atoms with Gasteiger partial charge < -0.3 is 0 Å². The molecule has 0 bridgehead atoms. The van der Waals surface area contributed by atoms with Gasteiger partial charge in [-0.05, 0) is 34.0 Å². The second-order valence-electron chi connectivity index (χ2n) is 4.22. The van der Waals surface area contributed by atoms with Crippen LogP contribution in [0.15, 0.2) is 41.1 Å². The molecule has 2 aromatic rings. The number of halogens is 3. The molecule has 1 aromatic heterocycles. The van der Waals surface area contributed by atoms with E-state index < -0.39 is 11.7 Å². The number of Topliss-reactive ketones (excluding diaryl/α,β-unsaturated/α-hetero) is 1. The van der Waals surface area contributed by atoms with Gasteiger partial charge in [0.2, 0.25) is 0 Å². The Balaban J connectivity index is 2.05. The van der Waals surface area contributed by atoms with Crippen LogP contribution in [-0.4, -0.2) is 5.78 Å². The number of alkyl halides is 3. The van der Waals surface area contributed by atoms with Gasteiger partial charge in [0, 0.05) is 12.8 Å². The molecule has 0 N–H and O–H groups in total. The highest BCUT2D eigenvalue weighted by Gasteiger charge is 2.30. The van der Waals surface area contributed by atoms with Gasteiger partial charge in [-0.25, -0.2) is 0 Å². The lowest BCUT2D eigenvalue weighted by Gasteiger charge is -2.08. The highest BCUT2D eigenvalue weighted by molar-refractivity contribution is 7.07. The highest BCUT2D eigenvalue weighted by Crippen LogP contribution is 2.29. The average molecular weight is 284 g/mol. The summed E-state index contributed by atoms with van der Waals surface area (Å²) in [4.78, 5) is 11.8. The van der Waals surface area contributed by atoms with Crippen LogP contribution in [-0.2, 0) is 23.8 Å². The van der Waals surface area contributed by atoms with Gasteiger partial charge in [-0.3, -0.25) is 4.79 Å². The molecule has 1 aromatic carbocycles. The normalized spacial score (nSPS) is 11.5. The Morgan fingerprint density at radius 2 is 1.84 bits per heavy atom. The summed E-state index contributed by atoms with van der Waals surface area (Å²) in [6.45, 7) is 0. The molecule has 0 saturated carbocycles. The predicted molar refractivity (Wildman–Crippen MR) is 68.2 cm³/mol. The number of carbonyl (C=O) groups is 1. The Hall–Kier alpha value is -1.62. The molecular weight excluding hydrogens is 273 g/mol. The molecule has 19 heavy (non-hydrogen) atoms. The summed E-state index contributed by atoms with van der Waals surface area (Å²) in [6, 6.07) is 6.75. The van der Waals surface area contributed by atoms with Crippen LogP contribution >= 0.6 is 11.3 Å². The highest BCUT2D eigenvalue weighted by atomic mass is 32.1. The van der Waals surface area contributed by atoms with E-state index in [1.807, 2.05) is 16.8 Å². The third-order valence-electron chi connectivity index (χ3n) is 2.64. The number of carbonyl (C=O) groups excluding carboxylic acids is 1. The van der Waals surface area contributed by atoms with Crippen molar-refractivity contribution >= 4 is 17.1 Å². The Morgan fingerprint density at radius 1 is 1.11 bits per heavy atom. The number of hydrogen-bond donors (Lipinski definition) is 0. The third-order valence-corrected chi connectivity index (χ3v) is 3.37. The van der Waals surface area contributed by atoms with E-state index in [2.05, 4.69) is 0 Å². The van der Waals surface area contributed by atoms with Crippen LogP contribution in [0.4, 0.5) is 13.2 Å². The maximum atomic E-state index is 12.5. The summed E-state index contributed by atoms with van der Waals surface area (Å²) in [7, 11) is 0. The fourth-order valence-electron chi connectivity index (χ4n) is 1.77. The molecule has 0 fully saturated rings. The molecule has 0 atom stereocenters. The number of hydrogen-bond acceptors (Lipinski definition) is 2. The van der Waals surface area contributed by atoms with Gasteiger partial charge in [-0.2, -0.15) is 24.5 Å². The van der Waals surface area contributed by atoms with E-state index in [0.29, 0.717) is 5.56 Å². The Kier molecular flexibility index (Phi) is 4.04. The van der Waals surface area contributed by atoms with Crippen molar-refractivity contribution in [1.29, 1.82) is 0 Å². The second kappa shape index (κ2) is 5.57. The van der Waals surface area contributed by atoms with Gasteiger partial charge in [0.25, 0.3) is 0 Å². The summed E-state index contributed by atoms with van der Waals surface area (Å²) in [5, 5.41) is 3.73. The van der Waals surface area contributed by atoms with E-state index in [9.17, 15) is 18.0 Å². The molecule has 0 aliphatic heterocycles. The molecule has 0 aliphatic carbocycles. The molecule has 1 nitrogen and oxygen atoms in total. The van der Waals surface area contributed by atoms with Crippen LogP contribution in [0.3, 0.4) is 0 Å². The third kappa shape index (κ3) is 3.92. The van der Waals surface area contributed by atoms with E-state index in [-0.39, 0.29) is 18.6 Å².